The number of carboxylic acid groups (broad SMARTS) is 1. The molecule has 0 saturated carbocycles. The molecule has 0 atom stereocenters. The Morgan fingerprint density at radius 2 is 1.04 bits per heavy atom. The Bertz CT molecular complexity index is 482. The van der Waals surface area contributed by atoms with Crippen molar-refractivity contribution in [3.05, 3.63) is 72.9 Å². The van der Waals surface area contributed by atoms with E-state index in [1.165, 1.54) is 11.8 Å². The SMILES string of the molecule is CC/C=C\CC=CCC=CC/C=C\C/C=C\C/C=C\CSCC(=O)O. The van der Waals surface area contributed by atoms with Crippen LogP contribution < -0.4 is 0 Å². The Kier molecular flexibility index (Phi) is 18.9. The van der Waals surface area contributed by atoms with Gasteiger partial charge in [0.05, 0.1) is 5.75 Å². The maximum Gasteiger partial charge on any atom is 0.313 e. The summed E-state index contributed by atoms with van der Waals surface area (Å²) >= 11 is 1.41. The number of rotatable bonds is 15. The van der Waals surface area contributed by atoms with E-state index >= 15 is 0 Å². The van der Waals surface area contributed by atoms with Crippen LogP contribution in [0.25, 0.3) is 0 Å². The number of carbonyl (C=O) groups is 1. The van der Waals surface area contributed by atoms with Crippen molar-refractivity contribution in [1.29, 1.82) is 0 Å². The van der Waals surface area contributed by atoms with Gasteiger partial charge in [0, 0.05) is 5.75 Å². The van der Waals surface area contributed by atoms with E-state index in [1.807, 2.05) is 6.08 Å². The molecule has 0 aromatic carbocycles. The Morgan fingerprint density at radius 1 is 0.680 bits per heavy atom. The van der Waals surface area contributed by atoms with Crippen molar-refractivity contribution in [2.24, 2.45) is 0 Å². The quantitative estimate of drug-likeness (QED) is 0.267. The van der Waals surface area contributed by atoms with Crippen LogP contribution in [0.1, 0.15) is 45.4 Å². The molecule has 0 rings (SSSR count). The highest BCUT2D eigenvalue weighted by Crippen LogP contribution is 2.00. The highest BCUT2D eigenvalue weighted by atomic mass is 32.2. The van der Waals surface area contributed by atoms with Crippen molar-refractivity contribution in [2.45, 2.75) is 45.4 Å². The molecule has 0 aromatic rings. The molecule has 0 fully saturated rings. The lowest BCUT2D eigenvalue weighted by Crippen LogP contribution is -1.97. The molecule has 1 N–H and O–H groups in total. The molecule has 3 heteroatoms. The summed E-state index contributed by atoms with van der Waals surface area (Å²) in [6.07, 6.45) is 31.9. The molecule has 0 radical (unpaired) electrons. The van der Waals surface area contributed by atoms with Gasteiger partial charge >= 0.3 is 5.97 Å². The van der Waals surface area contributed by atoms with Crippen LogP contribution >= 0.6 is 11.8 Å². The van der Waals surface area contributed by atoms with E-state index in [4.69, 9.17) is 5.11 Å². The summed E-state index contributed by atoms with van der Waals surface area (Å²) in [5.41, 5.74) is 0. The number of hydrogen-bond donors (Lipinski definition) is 1. The lowest BCUT2D eigenvalue weighted by atomic mass is 10.2. The zero-order chi connectivity index (χ0) is 18.4. The Hall–Kier alpha value is -1.74. The second kappa shape index (κ2) is 20.3. The van der Waals surface area contributed by atoms with E-state index < -0.39 is 5.97 Å². The fraction of sp³-hybridized carbons (Fsp3) is 0.409. The largest absolute Gasteiger partial charge is 0.481 e. The fourth-order valence-electron chi connectivity index (χ4n) is 1.80. The van der Waals surface area contributed by atoms with E-state index in [2.05, 4.69) is 73.8 Å². The van der Waals surface area contributed by atoms with Crippen LogP contribution in [0, 0.1) is 0 Å². The van der Waals surface area contributed by atoms with Crippen LogP contribution in [-0.4, -0.2) is 22.6 Å². The van der Waals surface area contributed by atoms with Gasteiger partial charge in [0.2, 0.25) is 0 Å². The normalized spacial score (nSPS) is 13.0. The van der Waals surface area contributed by atoms with Crippen molar-refractivity contribution >= 4 is 17.7 Å². The predicted molar refractivity (Wildman–Crippen MR) is 113 cm³/mol. The highest BCUT2D eigenvalue weighted by molar-refractivity contribution is 8.00. The summed E-state index contributed by atoms with van der Waals surface area (Å²) in [7, 11) is 0. The van der Waals surface area contributed by atoms with E-state index in [9.17, 15) is 4.79 Å². The van der Waals surface area contributed by atoms with Gasteiger partial charge < -0.3 is 5.11 Å². The predicted octanol–water partition coefficient (Wildman–Crippen LogP) is 6.50. The summed E-state index contributed by atoms with van der Waals surface area (Å²) < 4.78 is 0. The lowest BCUT2D eigenvalue weighted by Gasteiger charge is -1.90. The van der Waals surface area contributed by atoms with Crippen molar-refractivity contribution in [3.63, 3.8) is 0 Å². The van der Waals surface area contributed by atoms with Gasteiger partial charge in [-0.25, -0.2) is 0 Å². The van der Waals surface area contributed by atoms with Crippen molar-refractivity contribution in [2.75, 3.05) is 11.5 Å². The van der Waals surface area contributed by atoms with Gasteiger partial charge in [0.15, 0.2) is 0 Å². The zero-order valence-electron chi connectivity index (χ0n) is 15.3. The van der Waals surface area contributed by atoms with Gasteiger partial charge in [-0.2, -0.15) is 0 Å². The smallest absolute Gasteiger partial charge is 0.313 e. The van der Waals surface area contributed by atoms with Gasteiger partial charge in [-0.15, -0.1) is 11.8 Å². The van der Waals surface area contributed by atoms with Gasteiger partial charge in [0.1, 0.15) is 0 Å². The third-order valence-electron chi connectivity index (χ3n) is 3.04. The molecule has 0 aliphatic carbocycles. The minimum absolute atomic E-state index is 0.173. The third kappa shape index (κ3) is 22.3. The second-order valence-electron chi connectivity index (χ2n) is 5.32. The lowest BCUT2D eigenvalue weighted by molar-refractivity contribution is -0.133. The molecule has 0 aromatic heterocycles. The first-order valence-electron chi connectivity index (χ1n) is 8.96. The van der Waals surface area contributed by atoms with E-state index in [1.54, 1.807) is 0 Å². The number of carboxylic acids is 1. The van der Waals surface area contributed by atoms with Gasteiger partial charge in [0.25, 0.3) is 0 Å². The van der Waals surface area contributed by atoms with Crippen LogP contribution in [0.15, 0.2) is 72.9 Å². The zero-order valence-corrected chi connectivity index (χ0v) is 16.2. The van der Waals surface area contributed by atoms with Crippen LogP contribution in [0.2, 0.25) is 0 Å². The molecule has 25 heavy (non-hydrogen) atoms. The van der Waals surface area contributed by atoms with Crippen molar-refractivity contribution in [1.82, 2.24) is 0 Å². The first-order chi connectivity index (χ1) is 12.3. The molecule has 0 aliphatic rings. The molecule has 0 saturated heterocycles. The highest BCUT2D eigenvalue weighted by Gasteiger charge is 1.92. The number of allylic oxidation sites excluding steroid dienone is 11. The van der Waals surface area contributed by atoms with Crippen LogP contribution in [0.5, 0.6) is 0 Å². The average molecular weight is 361 g/mol. The molecule has 0 spiro atoms. The molecular formula is C22H32O2S. The monoisotopic (exact) mass is 360 g/mol. The molecule has 0 amide bonds. The number of aliphatic carboxylic acids is 1. The first-order valence-corrected chi connectivity index (χ1v) is 10.1. The van der Waals surface area contributed by atoms with Gasteiger partial charge in [-0.3, -0.25) is 4.79 Å². The molecule has 138 valence electrons. The maximum atomic E-state index is 10.3. The summed E-state index contributed by atoms with van der Waals surface area (Å²) in [4.78, 5) is 10.3. The summed E-state index contributed by atoms with van der Waals surface area (Å²) in [5, 5.41) is 8.49. The molecule has 0 bridgehead atoms. The first kappa shape index (κ1) is 23.3. The van der Waals surface area contributed by atoms with Crippen LogP contribution in [0.3, 0.4) is 0 Å². The van der Waals surface area contributed by atoms with Gasteiger partial charge in [-0.05, 0) is 38.5 Å². The molecular weight excluding hydrogens is 328 g/mol. The Labute approximate surface area is 157 Å². The van der Waals surface area contributed by atoms with Crippen LogP contribution in [0.4, 0.5) is 0 Å². The summed E-state index contributed by atoms with van der Waals surface area (Å²) in [6.45, 7) is 2.15. The Balaban J connectivity index is 3.50. The summed E-state index contributed by atoms with van der Waals surface area (Å²) in [6, 6.07) is 0. The van der Waals surface area contributed by atoms with Crippen molar-refractivity contribution < 1.29 is 9.90 Å². The molecule has 2 nitrogen and oxygen atoms in total. The maximum absolute atomic E-state index is 10.3. The summed E-state index contributed by atoms with van der Waals surface area (Å²) in [5.74, 6) is 0.180. The van der Waals surface area contributed by atoms with E-state index in [0.29, 0.717) is 0 Å². The second-order valence-corrected chi connectivity index (χ2v) is 6.35. The van der Waals surface area contributed by atoms with Crippen molar-refractivity contribution in [3.8, 4) is 0 Å². The molecule has 0 heterocycles. The van der Waals surface area contributed by atoms with Crippen LogP contribution in [-0.2, 0) is 4.79 Å². The van der Waals surface area contributed by atoms with E-state index in [-0.39, 0.29) is 5.75 Å². The molecule has 0 aliphatic heterocycles. The topological polar surface area (TPSA) is 37.3 Å². The minimum atomic E-state index is -0.753. The minimum Gasteiger partial charge on any atom is -0.481 e. The number of hydrogen-bond acceptors (Lipinski definition) is 2. The van der Waals surface area contributed by atoms with E-state index in [0.717, 1.165) is 44.3 Å². The standard InChI is InChI=1S/C22H32O2S/c1-2-3-4-5-6-7-8-9-10-11-12-13-14-15-16-17-18-19-20-25-21-22(23)24/h3-4,6-7,9-10,12-13,15-16,18-19H,2,5,8,11,14,17,20-21H2,1H3,(H,23,24)/b4-3-,7-6?,10-9?,13-12-,16-15-,19-18-. The van der Waals surface area contributed by atoms with Gasteiger partial charge in [-0.1, -0.05) is 79.8 Å². The fourth-order valence-corrected chi connectivity index (χ4v) is 2.37. The number of thioether (sulfide) groups is 1. The average Bonchev–Trinajstić information content (AvgIpc) is 2.60. The molecule has 0 unspecified atom stereocenters. The third-order valence-corrected chi connectivity index (χ3v) is 3.92. The Morgan fingerprint density at radius 3 is 1.40 bits per heavy atom.